The average Bonchev–Trinajstić information content (AvgIpc) is 2.98. The third-order valence-electron chi connectivity index (χ3n) is 4.05. The standard InChI is InChI=1S/C19H22N4O2/c1-13-15-6-4-5-7-16(15)25-17(13)12-23-19(20-2)22-11-14-8-9-21-18(10-14)24-3/h4-10H,11-12H2,1-3H3,(H2,20,22,23). The molecule has 25 heavy (non-hydrogen) atoms. The molecule has 0 aliphatic carbocycles. The molecule has 0 saturated carbocycles. The van der Waals surface area contributed by atoms with Gasteiger partial charge in [-0.25, -0.2) is 4.98 Å². The first kappa shape index (κ1) is 16.8. The van der Waals surface area contributed by atoms with Crippen LogP contribution in [-0.4, -0.2) is 25.1 Å². The molecule has 130 valence electrons. The second kappa shape index (κ2) is 7.70. The number of methoxy groups -OCH3 is 1. The van der Waals surface area contributed by atoms with Gasteiger partial charge in [-0.15, -0.1) is 0 Å². The summed E-state index contributed by atoms with van der Waals surface area (Å²) in [5.74, 6) is 2.21. The molecule has 0 amide bonds. The highest BCUT2D eigenvalue weighted by Crippen LogP contribution is 2.24. The monoisotopic (exact) mass is 338 g/mol. The van der Waals surface area contributed by atoms with Crippen LogP contribution in [0.2, 0.25) is 0 Å². The topological polar surface area (TPSA) is 71.7 Å². The third kappa shape index (κ3) is 3.91. The van der Waals surface area contributed by atoms with Crippen LogP contribution in [0.4, 0.5) is 0 Å². The molecule has 0 fully saturated rings. The molecule has 0 spiro atoms. The van der Waals surface area contributed by atoms with Gasteiger partial charge in [-0.3, -0.25) is 4.99 Å². The van der Waals surface area contributed by atoms with Crippen LogP contribution in [-0.2, 0) is 13.1 Å². The lowest BCUT2D eigenvalue weighted by Gasteiger charge is -2.11. The van der Waals surface area contributed by atoms with Crippen molar-refractivity contribution in [1.29, 1.82) is 0 Å². The number of ether oxygens (including phenoxy) is 1. The molecule has 3 aromatic rings. The number of benzene rings is 1. The molecule has 1 aromatic carbocycles. The Balaban J connectivity index is 1.61. The van der Waals surface area contributed by atoms with Crippen molar-refractivity contribution in [2.24, 2.45) is 4.99 Å². The van der Waals surface area contributed by atoms with E-state index in [-0.39, 0.29) is 0 Å². The number of aliphatic imine (C=N–C) groups is 1. The van der Waals surface area contributed by atoms with Crippen LogP contribution in [0.15, 0.2) is 52.0 Å². The molecule has 6 nitrogen and oxygen atoms in total. The van der Waals surface area contributed by atoms with Gasteiger partial charge in [-0.1, -0.05) is 18.2 Å². The van der Waals surface area contributed by atoms with Gasteiger partial charge in [0.2, 0.25) is 5.88 Å². The number of nitrogens with zero attached hydrogens (tertiary/aromatic N) is 2. The molecular formula is C19H22N4O2. The van der Waals surface area contributed by atoms with Gasteiger partial charge in [0.05, 0.1) is 13.7 Å². The predicted octanol–water partition coefficient (Wildman–Crippen LogP) is 3.01. The Kier molecular flexibility index (Phi) is 5.18. The van der Waals surface area contributed by atoms with E-state index >= 15 is 0 Å². The van der Waals surface area contributed by atoms with Crippen molar-refractivity contribution in [1.82, 2.24) is 15.6 Å². The molecule has 6 heteroatoms. The van der Waals surface area contributed by atoms with E-state index in [1.807, 2.05) is 30.3 Å². The number of hydrogen-bond donors (Lipinski definition) is 2. The molecule has 0 bridgehead atoms. The fraction of sp³-hybridized carbons (Fsp3) is 0.263. The zero-order chi connectivity index (χ0) is 17.6. The Bertz CT molecular complexity index is 886. The van der Waals surface area contributed by atoms with Gasteiger partial charge in [0.15, 0.2) is 5.96 Å². The number of nitrogens with one attached hydrogen (secondary N) is 2. The molecule has 0 aliphatic rings. The van der Waals surface area contributed by atoms with Crippen LogP contribution < -0.4 is 15.4 Å². The van der Waals surface area contributed by atoms with Crippen molar-refractivity contribution in [3.63, 3.8) is 0 Å². The summed E-state index contributed by atoms with van der Waals surface area (Å²) in [4.78, 5) is 8.35. The van der Waals surface area contributed by atoms with Gasteiger partial charge in [-0.05, 0) is 24.6 Å². The summed E-state index contributed by atoms with van der Waals surface area (Å²) in [6.07, 6.45) is 1.73. The minimum atomic E-state index is 0.569. The molecule has 0 unspecified atom stereocenters. The number of guanidine groups is 1. The van der Waals surface area contributed by atoms with Gasteiger partial charge in [-0.2, -0.15) is 0 Å². The molecule has 2 N–H and O–H groups in total. The number of para-hydroxylation sites is 1. The number of aromatic nitrogens is 1. The number of fused-ring (bicyclic) bond motifs is 1. The molecule has 0 radical (unpaired) electrons. The maximum absolute atomic E-state index is 5.92. The Morgan fingerprint density at radius 2 is 2.00 bits per heavy atom. The first-order valence-corrected chi connectivity index (χ1v) is 8.11. The van der Waals surface area contributed by atoms with Gasteiger partial charge >= 0.3 is 0 Å². The van der Waals surface area contributed by atoms with E-state index < -0.39 is 0 Å². The maximum atomic E-state index is 5.92. The number of pyridine rings is 1. The Labute approximate surface area is 146 Å². The summed E-state index contributed by atoms with van der Waals surface area (Å²) in [5, 5.41) is 7.70. The lowest BCUT2D eigenvalue weighted by molar-refractivity contribution is 0.397. The second-order valence-electron chi connectivity index (χ2n) is 5.63. The molecule has 2 aromatic heterocycles. The minimum Gasteiger partial charge on any atom is -0.481 e. The zero-order valence-electron chi connectivity index (χ0n) is 14.7. The highest BCUT2D eigenvalue weighted by molar-refractivity contribution is 5.82. The highest BCUT2D eigenvalue weighted by atomic mass is 16.5. The second-order valence-corrected chi connectivity index (χ2v) is 5.63. The minimum absolute atomic E-state index is 0.569. The normalized spacial score (nSPS) is 11.6. The highest BCUT2D eigenvalue weighted by Gasteiger charge is 2.10. The number of aryl methyl sites for hydroxylation is 1. The molecule has 0 aliphatic heterocycles. The summed E-state index contributed by atoms with van der Waals surface area (Å²) in [6.45, 7) is 3.26. The van der Waals surface area contributed by atoms with Crippen molar-refractivity contribution < 1.29 is 9.15 Å². The van der Waals surface area contributed by atoms with Gasteiger partial charge in [0.25, 0.3) is 0 Å². The first-order valence-electron chi connectivity index (χ1n) is 8.11. The summed E-state index contributed by atoms with van der Waals surface area (Å²) in [7, 11) is 3.35. The summed E-state index contributed by atoms with van der Waals surface area (Å²) < 4.78 is 11.1. The lowest BCUT2D eigenvalue weighted by Crippen LogP contribution is -2.36. The fourth-order valence-electron chi connectivity index (χ4n) is 2.64. The molecule has 3 rings (SSSR count). The first-order chi connectivity index (χ1) is 12.2. The third-order valence-corrected chi connectivity index (χ3v) is 4.05. The van der Waals surface area contributed by atoms with Crippen LogP contribution in [0.1, 0.15) is 16.9 Å². The van der Waals surface area contributed by atoms with E-state index in [2.05, 4.69) is 33.6 Å². The lowest BCUT2D eigenvalue weighted by atomic mass is 10.1. The van der Waals surface area contributed by atoms with Crippen molar-refractivity contribution in [2.75, 3.05) is 14.2 Å². The Hall–Kier alpha value is -3.02. The van der Waals surface area contributed by atoms with Crippen LogP contribution in [0.25, 0.3) is 11.0 Å². The van der Waals surface area contributed by atoms with Crippen molar-refractivity contribution >= 4 is 16.9 Å². The Morgan fingerprint density at radius 1 is 1.20 bits per heavy atom. The van der Waals surface area contributed by atoms with E-state index in [4.69, 9.17) is 9.15 Å². The zero-order valence-corrected chi connectivity index (χ0v) is 14.7. The summed E-state index contributed by atoms with van der Waals surface area (Å²) >= 11 is 0. The molecule has 0 saturated heterocycles. The average molecular weight is 338 g/mol. The predicted molar refractivity (Wildman–Crippen MR) is 98.8 cm³/mol. The van der Waals surface area contributed by atoms with Crippen LogP contribution in [0.5, 0.6) is 5.88 Å². The maximum Gasteiger partial charge on any atom is 0.213 e. The van der Waals surface area contributed by atoms with Crippen LogP contribution in [0.3, 0.4) is 0 Å². The molecular weight excluding hydrogens is 316 g/mol. The van der Waals surface area contributed by atoms with Crippen molar-refractivity contribution in [3.05, 3.63) is 59.5 Å². The number of furan rings is 1. The molecule has 2 heterocycles. The van der Waals surface area contributed by atoms with E-state index in [9.17, 15) is 0 Å². The number of rotatable bonds is 5. The van der Waals surface area contributed by atoms with Gasteiger partial charge in [0.1, 0.15) is 11.3 Å². The summed E-state index contributed by atoms with van der Waals surface area (Å²) in [6, 6.07) is 11.9. The van der Waals surface area contributed by atoms with Gasteiger partial charge in [0, 0.05) is 36.8 Å². The van der Waals surface area contributed by atoms with E-state index in [0.29, 0.717) is 24.9 Å². The summed E-state index contributed by atoms with van der Waals surface area (Å²) in [5.41, 5.74) is 3.12. The van der Waals surface area contributed by atoms with Gasteiger partial charge < -0.3 is 19.8 Å². The van der Waals surface area contributed by atoms with Crippen LogP contribution in [0, 0.1) is 6.92 Å². The van der Waals surface area contributed by atoms with E-state index in [1.54, 1.807) is 20.4 Å². The van der Waals surface area contributed by atoms with Crippen LogP contribution >= 0.6 is 0 Å². The smallest absolute Gasteiger partial charge is 0.213 e. The van der Waals surface area contributed by atoms with E-state index in [0.717, 1.165) is 27.9 Å². The number of hydrogen-bond acceptors (Lipinski definition) is 4. The quantitative estimate of drug-likeness (QED) is 0.553. The van der Waals surface area contributed by atoms with Crippen molar-refractivity contribution in [2.45, 2.75) is 20.0 Å². The van der Waals surface area contributed by atoms with E-state index in [1.165, 1.54) is 0 Å². The molecule has 0 atom stereocenters. The fourth-order valence-corrected chi connectivity index (χ4v) is 2.64. The Morgan fingerprint density at radius 3 is 2.76 bits per heavy atom. The largest absolute Gasteiger partial charge is 0.481 e. The SMILES string of the molecule is CN=C(NCc1ccnc(OC)c1)NCc1oc2ccccc2c1C. The van der Waals surface area contributed by atoms with Crippen molar-refractivity contribution in [3.8, 4) is 5.88 Å².